The van der Waals surface area contributed by atoms with Crippen molar-refractivity contribution in [3.63, 3.8) is 0 Å². The highest BCUT2D eigenvalue weighted by atomic mass is 16.6. The first-order valence-corrected chi connectivity index (χ1v) is 9.72. The van der Waals surface area contributed by atoms with Crippen LogP contribution in [-0.2, 0) is 25.7 Å². The van der Waals surface area contributed by atoms with Crippen LogP contribution in [0.3, 0.4) is 0 Å². The lowest BCUT2D eigenvalue weighted by molar-refractivity contribution is -0.148. The second-order valence-corrected chi connectivity index (χ2v) is 7.94. The summed E-state index contributed by atoms with van der Waals surface area (Å²) >= 11 is 0. The maximum atomic E-state index is 12.9. The van der Waals surface area contributed by atoms with E-state index >= 15 is 0 Å². The lowest BCUT2D eigenvalue weighted by Crippen LogP contribution is -2.51. The van der Waals surface area contributed by atoms with Crippen LogP contribution in [0.5, 0.6) is 0 Å². The second kappa shape index (κ2) is 10.1. The summed E-state index contributed by atoms with van der Waals surface area (Å²) in [5.74, 6) is -0.822. The number of nitrogens with zero attached hydrogens (tertiary/aromatic N) is 1. The van der Waals surface area contributed by atoms with Crippen molar-refractivity contribution in [2.75, 3.05) is 13.1 Å². The first-order valence-electron chi connectivity index (χ1n) is 9.72. The standard InChI is InChI=1S/C21H30N2O5/c1-21(2,3)28-20(26)22-17(19(25)23-12-8-5-9-13-23)14-18(24)27-15-16-10-6-4-7-11-16/h4,6-7,10-11,17H,5,8-9,12-15H2,1-3H3,(H,22,26)/t17-/m0/s1. The quantitative estimate of drug-likeness (QED) is 0.755. The van der Waals surface area contributed by atoms with E-state index in [1.54, 1.807) is 25.7 Å². The third-order valence-electron chi connectivity index (χ3n) is 4.27. The van der Waals surface area contributed by atoms with Crippen molar-refractivity contribution in [2.45, 2.75) is 64.7 Å². The van der Waals surface area contributed by atoms with Gasteiger partial charge in [0.2, 0.25) is 5.91 Å². The third kappa shape index (κ3) is 7.58. The average Bonchev–Trinajstić information content (AvgIpc) is 2.65. The number of esters is 1. The van der Waals surface area contributed by atoms with Crippen LogP contribution in [0, 0.1) is 0 Å². The molecule has 7 nitrogen and oxygen atoms in total. The maximum Gasteiger partial charge on any atom is 0.408 e. The van der Waals surface area contributed by atoms with Gasteiger partial charge in [0.15, 0.2) is 0 Å². The number of amides is 2. The van der Waals surface area contributed by atoms with Gasteiger partial charge in [0, 0.05) is 13.1 Å². The zero-order valence-corrected chi connectivity index (χ0v) is 16.9. The van der Waals surface area contributed by atoms with E-state index in [1.165, 1.54) is 0 Å². The summed E-state index contributed by atoms with van der Waals surface area (Å²) < 4.78 is 10.5. The van der Waals surface area contributed by atoms with Crippen LogP contribution in [0.1, 0.15) is 52.0 Å². The van der Waals surface area contributed by atoms with Crippen LogP contribution in [0.15, 0.2) is 30.3 Å². The number of carbonyl (C=O) groups excluding carboxylic acids is 3. The summed E-state index contributed by atoms with van der Waals surface area (Å²) in [6.07, 6.45) is 1.96. The molecular formula is C21H30N2O5. The Hall–Kier alpha value is -2.57. The molecule has 0 saturated carbocycles. The molecule has 0 bridgehead atoms. The minimum absolute atomic E-state index is 0.122. The number of rotatable bonds is 6. The molecule has 1 aromatic rings. The van der Waals surface area contributed by atoms with E-state index < -0.39 is 23.7 Å². The van der Waals surface area contributed by atoms with Crippen molar-refractivity contribution in [1.82, 2.24) is 10.2 Å². The van der Waals surface area contributed by atoms with E-state index in [2.05, 4.69) is 5.32 Å². The van der Waals surface area contributed by atoms with Gasteiger partial charge in [0.1, 0.15) is 18.2 Å². The van der Waals surface area contributed by atoms with Gasteiger partial charge in [-0.3, -0.25) is 9.59 Å². The van der Waals surface area contributed by atoms with Gasteiger partial charge in [-0.1, -0.05) is 30.3 Å². The summed E-state index contributed by atoms with van der Waals surface area (Å²) in [4.78, 5) is 39.0. The Balaban J connectivity index is 1.98. The zero-order chi connectivity index (χ0) is 20.6. The van der Waals surface area contributed by atoms with Crippen molar-refractivity contribution < 1.29 is 23.9 Å². The Bertz CT molecular complexity index is 663. The van der Waals surface area contributed by atoms with Crippen LogP contribution in [0.2, 0.25) is 0 Å². The van der Waals surface area contributed by atoms with Crippen molar-refractivity contribution >= 4 is 18.0 Å². The molecule has 1 aromatic carbocycles. The number of carbonyl (C=O) groups is 3. The minimum atomic E-state index is -1.00. The maximum absolute atomic E-state index is 12.9. The zero-order valence-electron chi connectivity index (χ0n) is 16.9. The molecule has 2 rings (SSSR count). The molecule has 1 saturated heterocycles. The van der Waals surface area contributed by atoms with Gasteiger partial charge in [-0.25, -0.2) is 4.79 Å². The largest absolute Gasteiger partial charge is 0.461 e. The van der Waals surface area contributed by atoms with Crippen LogP contribution in [-0.4, -0.2) is 47.6 Å². The van der Waals surface area contributed by atoms with E-state index in [-0.39, 0.29) is 18.9 Å². The van der Waals surface area contributed by atoms with Gasteiger partial charge in [0.25, 0.3) is 0 Å². The molecular weight excluding hydrogens is 360 g/mol. The SMILES string of the molecule is CC(C)(C)OC(=O)N[C@@H](CC(=O)OCc1ccccc1)C(=O)N1CCCCC1. The average molecular weight is 390 g/mol. The Morgan fingerprint density at radius 3 is 2.32 bits per heavy atom. The summed E-state index contributed by atoms with van der Waals surface area (Å²) in [6, 6.07) is 8.29. The van der Waals surface area contributed by atoms with Gasteiger partial charge in [-0.15, -0.1) is 0 Å². The normalized spacial score (nSPS) is 15.5. The molecule has 0 aromatic heterocycles. The molecule has 0 spiro atoms. The molecule has 7 heteroatoms. The van der Waals surface area contributed by atoms with E-state index in [1.807, 2.05) is 30.3 Å². The number of benzene rings is 1. The lowest BCUT2D eigenvalue weighted by atomic mass is 10.1. The molecule has 1 aliphatic rings. The Kier molecular flexibility index (Phi) is 7.84. The highest BCUT2D eigenvalue weighted by molar-refractivity contribution is 5.89. The summed E-state index contributed by atoms with van der Waals surface area (Å²) in [7, 11) is 0. The number of hydrogen-bond acceptors (Lipinski definition) is 5. The van der Waals surface area contributed by atoms with Crippen LogP contribution < -0.4 is 5.32 Å². The predicted molar refractivity (Wildman–Crippen MR) is 104 cm³/mol. The number of alkyl carbamates (subject to hydrolysis) is 1. The Morgan fingerprint density at radius 1 is 1.07 bits per heavy atom. The van der Waals surface area contributed by atoms with Crippen LogP contribution in [0.4, 0.5) is 4.79 Å². The van der Waals surface area contributed by atoms with E-state index in [0.29, 0.717) is 13.1 Å². The molecule has 1 aliphatic heterocycles. The van der Waals surface area contributed by atoms with E-state index in [0.717, 1.165) is 24.8 Å². The van der Waals surface area contributed by atoms with Gasteiger partial charge < -0.3 is 19.7 Å². The molecule has 28 heavy (non-hydrogen) atoms. The first-order chi connectivity index (χ1) is 13.2. The molecule has 0 aliphatic carbocycles. The fraction of sp³-hybridized carbons (Fsp3) is 0.571. The second-order valence-electron chi connectivity index (χ2n) is 7.94. The highest BCUT2D eigenvalue weighted by Crippen LogP contribution is 2.13. The number of likely N-dealkylation sites (tertiary alicyclic amines) is 1. The molecule has 154 valence electrons. The van der Waals surface area contributed by atoms with Crippen LogP contribution in [0.25, 0.3) is 0 Å². The topological polar surface area (TPSA) is 84.9 Å². The first kappa shape index (κ1) is 21.7. The van der Waals surface area contributed by atoms with Gasteiger partial charge in [-0.2, -0.15) is 0 Å². The van der Waals surface area contributed by atoms with Crippen molar-refractivity contribution in [3.8, 4) is 0 Å². The third-order valence-corrected chi connectivity index (χ3v) is 4.27. The summed E-state index contributed by atoms with van der Waals surface area (Å²) in [6.45, 7) is 6.60. The van der Waals surface area contributed by atoms with Crippen molar-refractivity contribution in [2.24, 2.45) is 0 Å². The fourth-order valence-corrected chi connectivity index (χ4v) is 2.95. The summed E-state index contributed by atoms with van der Waals surface area (Å²) in [5, 5.41) is 2.55. The Labute approximate surface area is 166 Å². The number of piperidine rings is 1. The smallest absolute Gasteiger partial charge is 0.408 e. The molecule has 1 atom stereocenters. The van der Waals surface area contributed by atoms with Crippen molar-refractivity contribution in [1.29, 1.82) is 0 Å². The molecule has 2 amide bonds. The predicted octanol–water partition coefficient (Wildman–Crippen LogP) is 3.03. The van der Waals surface area contributed by atoms with Gasteiger partial charge in [-0.05, 0) is 45.6 Å². The van der Waals surface area contributed by atoms with Gasteiger partial charge in [0.05, 0.1) is 6.42 Å². The van der Waals surface area contributed by atoms with Gasteiger partial charge >= 0.3 is 12.1 Å². The number of hydrogen-bond donors (Lipinski definition) is 1. The molecule has 1 fully saturated rings. The van der Waals surface area contributed by atoms with Crippen molar-refractivity contribution in [3.05, 3.63) is 35.9 Å². The highest BCUT2D eigenvalue weighted by Gasteiger charge is 2.31. The molecule has 0 unspecified atom stereocenters. The molecule has 0 radical (unpaired) electrons. The number of nitrogens with one attached hydrogen (secondary N) is 1. The molecule has 1 N–H and O–H groups in total. The Morgan fingerprint density at radius 2 is 1.71 bits per heavy atom. The fourth-order valence-electron chi connectivity index (χ4n) is 2.95. The van der Waals surface area contributed by atoms with Crippen LogP contribution >= 0.6 is 0 Å². The van der Waals surface area contributed by atoms with E-state index in [4.69, 9.17) is 9.47 Å². The minimum Gasteiger partial charge on any atom is -0.461 e. The number of ether oxygens (including phenoxy) is 2. The summed E-state index contributed by atoms with van der Waals surface area (Å²) in [5.41, 5.74) is 0.159. The lowest BCUT2D eigenvalue weighted by Gasteiger charge is -2.31. The monoisotopic (exact) mass is 390 g/mol. The molecule has 1 heterocycles. The van der Waals surface area contributed by atoms with E-state index in [9.17, 15) is 14.4 Å².